The number of hydrogen-bond acceptors (Lipinski definition) is 3. The molecular weight excluding hydrogens is 285 g/mol. The maximum Gasteiger partial charge on any atom is 0.573 e. The molecule has 1 aromatic rings. The molecule has 1 atom stereocenters. The fourth-order valence-electron chi connectivity index (χ4n) is 1.79. The summed E-state index contributed by atoms with van der Waals surface area (Å²) in [6.45, 7) is 2.24. The molecule has 0 saturated carbocycles. The van der Waals surface area contributed by atoms with Gasteiger partial charge in [-0.15, -0.1) is 13.2 Å². The van der Waals surface area contributed by atoms with Crippen LogP contribution in [0.1, 0.15) is 25.3 Å². The van der Waals surface area contributed by atoms with Crippen molar-refractivity contribution in [1.29, 1.82) is 0 Å². The summed E-state index contributed by atoms with van der Waals surface area (Å²) in [5.41, 5.74) is 5.64. The molecule has 0 aromatic heterocycles. The van der Waals surface area contributed by atoms with Crippen LogP contribution in [0.3, 0.4) is 0 Å². The largest absolute Gasteiger partial charge is 0.573 e. The monoisotopic (exact) mass is 304 g/mol. The van der Waals surface area contributed by atoms with Crippen LogP contribution in [-0.2, 0) is 11.3 Å². The zero-order valence-electron chi connectivity index (χ0n) is 11.7. The van der Waals surface area contributed by atoms with Crippen molar-refractivity contribution in [2.75, 3.05) is 6.54 Å². The number of benzene rings is 1. The number of carbonyl (C=O) groups is 1. The van der Waals surface area contributed by atoms with E-state index in [4.69, 9.17) is 5.73 Å². The third-order valence-corrected chi connectivity index (χ3v) is 2.94. The van der Waals surface area contributed by atoms with Crippen molar-refractivity contribution >= 4 is 5.91 Å². The Labute approximate surface area is 121 Å². The van der Waals surface area contributed by atoms with Gasteiger partial charge >= 0.3 is 6.36 Å². The number of ether oxygens (including phenoxy) is 1. The first kappa shape index (κ1) is 17.3. The molecule has 4 nitrogen and oxygen atoms in total. The Balaban J connectivity index is 2.61. The topological polar surface area (TPSA) is 64.4 Å². The van der Waals surface area contributed by atoms with Gasteiger partial charge in [0, 0.05) is 18.0 Å². The SMILES string of the molecule is CC(CCCN)C(=O)NCc1ccccc1OC(F)(F)F. The van der Waals surface area contributed by atoms with Crippen LogP contribution < -0.4 is 15.8 Å². The van der Waals surface area contributed by atoms with Crippen LogP contribution in [0.2, 0.25) is 0 Å². The number of nitrogens with one attached hydrogen (secondary N) is 1. The maximum absolute atomic E-state index is 12.3. The second-order valence-electron chi connectivity index (χ2n) is 4.71. The Morgan fingerprint density at radius 1 is 1.38 bits per heavy atom. The fraction of sp³-hybridized carbons (Fsp3) is 0.500. The summed E-state index contributed by atoms with van der Waals surface area (Å²) in [6, 6.07) is 5.72. The first-order valence-corrected chi connectivity index (χ1v) is 6.65. The van der Waals surface area contributed by atoms with Gasteiger partial charge in [0.1, 0.15) is 5.75 Å². The summed E-state index contributed by atoms with van der Waals surface area (Å²) in [7, 11) is 0. The molecule has 1 unspecified atom stereocenters. The number of para-hydroxylation sites is 1. The molecule has 0 spiro atoms. The third kappa shape index (κ3) is 6.48. The quantitative estimate of drug-likeness (QED) is 0.814. The van der Waals surface area contributed by atoms with E-state index >= 15 is 0 Å². The van der Waals surface area contributed by atoms with Crippen LogP contribution >= 0.6 is 0 Å². The zero-order chi connectivity index (χ0) is 15.9. The van der Waals surface area contributed by atoms with E-state index in [9.17, 15) is 18.0 Å². The van der Waals surface area contributed by atoms with Gasteiger partial charge in [0.25, 0.3) is 0 Å². The second-order valence-corrected chi connectivity index (χ2v) is 4.71. The first-order valence-electron chi connectivity index (χ1n) is 6.65. The molecule has 0 heterocycles. The van der Waals surface area contributed by atoms with Crippen molar-refractivity contribution in [2.45, 2.75) is 32.7 Å². The van der Waals surface area contributed by atoms with Gasteiger partial charge in [-0.3, -0.25) is 4.79 Å². The van der Waals surface area contributed by atoms with Crippen molar-refractivity contribution < 1.29 is 22.7 Å². The van der Waals surface area contributed by atoms with Crippen LogP contribution in [0.5, 0.6) is 5.75 Å². The van der Waals surface area contributed by atoms with Gasteiger partial charge in [0.15, 0.2) is 0 Å². The average molecular weight is 304 g/mol. The molecule has 1 rings (SSSR count). The summed E-state index contributed by atoms with van der Waals surface area (Å²) < 4.78 is 40.7. The van der Waals surface area contributed by atoms with E-state index in [1.165, 1.54) is 18.2 Å². The van der Waals surface area contributed by atoms with Crippen LogP contribution in [0.15, 0.2) is 24.3 Å². The lowest BCUT2D eigenvalue weighted by molar-refractivity contribution is -0.274. The van der Waals surface area contributed by atoms with Gasteiger partial charge in [-0.2, -0.15) is 0 Å². The van der Waals surface area contributed by atoms with E-state index in [2.05, 4.69) is 10.1 Å². The first-order chi connectivity index (χ1) is 9.83. The average Bonchev–Trinajstić information content (AvgIpc) is 2.41. The van der Waals surface area contributed by atoms with Crippen LogP contribution in [-0.4, -0.2) is 18.8 Å². The Kier molecular flexibility index (Phi) is 6.48. The van der Waals surface area contributed by atoms with Crippen LogP contribution in [0.25, 0.3) is 0 Å². The molecule has 0 bridgehead atoms. The minimum Gasteiger partial charge on any atom is -0.405 e. The minimum atomic E-state index is -4.76. The van der Waals surface area contributed by atoms with Gasteiger partial charge in [-0.05, 0) is 25.5 Å². The van der Waals surface area contributed by atoms with Crippen molar-refractivity contribution in [2.24, 2.45) is 11.7 Å². The maximum atomic E-state index is 12.3. The molecule has 0 aliphatic heterocycles. The highest BCUT2D eigenvalue weighted by atomic mass is 19.4. The molecule has 7 heteroatoms. The van der Waals surface area contributed by atoms with E-state index in [0.29, 0.717) is 13.0 Å². The summed E-state index contributed by atoms with van der Waals surface area (Å²) in [4.78, 5) is 11.8. The summed E-state index contributed by atoms with van der Waals surface area (Å²) in [5.74, 6) is -0.755. The number of alkyl halides is 3. The van der Waals surface area contributed by atoms with Gasteiger partial charge in [0.05, 0.1) is 0 Å². The highest BCUT2D eigenvalue weighted by Crippen LogP contribution is 2.26. The summed E-state index contributed by atoms with van der Waals surface area (Å²) in [6.07, 6.45) is -3.39. The second kappa shape index (κ2) is 7.87. The molecule has 118 valence electrons. The normalized spacial score (nSPS) is 12.8. The van der Waals surface area contributed by atoms with Crippen molar-refractivity contribution in [1.82, 2.24) is 5.32 Å². The molecule has 3 N–H and O–H groups in total. The third-order valence-electron chi connectivity index (χ3n) is 2.94. The number of halogens is 3. The minimum absolute atomic E-state index is 0.0158. The highest BCUT2D eigenvalue weighted by molar-refractivity contribution is 5.78. The van der Waals surface area contributed by atoms with Gasteiger partial charge < -0.3 is 15.8 Å². The van der Waals surface area contributed by atoms with Gasteiger partial charge in [-0.25, -0.2) is 0 Å². The molecule has 0 radical (unpaired) electrons. The van der Waals surface area contributed by atoms with Gasteiger partial charge in [-0.1, -0.05) is 25.1 Å². The zero-order valence-corrected chi connectivity index (χ0v) is 11.7. The van der Waals surface area contributed by atoms with E-state index in [0.717, 1.165) is 6.42 Å². The lowest BCUT2D eigenvalue weighted by atomic mass is 10.0. The molecule has 0 aliphatic carbocycles. The number of carbonyl (C=O) groups excluding carboxylic acids is 1. The van der Waals surface area contributed by atoms with Crippen molar-refractivity contribution in [3.8, 4) is 5.75 Å². The molecule has 0 saturated heterocycles. The Morgan fingerprint density at radius 3 is 2.67 bits per heavy atom. The van der Waals surface area contributed by atoms with Crippen LogP contribution in [0.4, 0.5) is 13.2 Å². The molecular formula is C14H19F3N2O2. The lowest BCUT2D eigenvalue weighted by Crippen LogP contribution is -2.29. The molecule has 21 heavy (non-hydrogen) atoms. The molecule has 0 aliphatic rings. The Bertz CT molecular complexity index is 464. The predicted octanol–water partition coefficient (Wildman–Crippen LogP) is 2.58. The predicted molar refractivity (Wildman–Crippen MR) is 72.4 cm³/mol. The van der Waals surface area contributed by atoms with E-state index in [-0.39, 0.29) is 29.7 Å². The summed E-state index contributed by atoms with van der Waals surface area (Å²) in [5, 5.41) is 2.61. The van der Waals surface area contributed by atoms with Crippen molar-refractivity contribution in [3.63, 3.8) is 0 Å². The van der Waals surface area contributed by atoms with Crippen LogP contribution in [0, 0.1) is 5.92 Å². The fourth-order valence-corrected chi connectivity index (χ4v) is 1.79. The van der Waals surface area contributed by atoms with Crippen molar-refractivity contribution in [3.05, 3.63) is 29.8 Å². The summed E-state index contributed by atoms with van der Waals surface area (Å²) >= 11 is 0. The highest BCUT2D eigenvalue weighted by Gasteiger charge is 2.32. The molecule has 1 amide bonds. The van der Waals surface area contributed by atoms with E-state index in [1.54, 1.807) is 13.0 Å². The van der Waals surface area contributed by atoms with E-state index in [1.807, 2.05) is 0 Å². The Hall–Kier alpha value is -1.76. The number of nitrogens with two attached hydrogens (primary N) is 1. The molecule has 1 aromatic carbocycles. The smallest absolute Gasteiger partial charge is 0.405 e. The number of rotatable bonds is 7. The van der Waals surface area contributed by atoms with E-state index < -0.39 is 6.36 Å². The lowest BCUT2D eigenvalue weighted by Gasteiger charge is -2.15. The van der Waals surface area contributed by atoms with Gasteiger partial charge in [0.2, 0.25) is 5.91 Å². The standard InChI is InChI=1S/C14H19F3N2O2/c1-10(5-4-8-18)13(20)19-9-11-6-2-3-7-12(11)21-14(15,16)17/h2-3,6-7,10H,4-5,8-9,18H2,1H3,(H,19,20). The number of hydrogen-bond donors (Lipinski definition) is 2. The molecule has 0 fully saturated rings. The number of amides is 1. The Morgan fingerprint density at radius 2 is 2.05 bits per heavy atom.